The van der Waals surface area contributed by atoms with Crippen molar-refractivity contribution in [3.63, 3.8) is 0 Å². The minimum Gasteiger partial charge on any atom is -0.464 e. The van der Waals surface area contributed by atoms with Gasteiger partial charge in [0, 0.05) is 12.0 Å². The van der Waals surface area contributed by atoms with E-state index < -0.39 is 17.8 Å². The summed E-state index contributed by atoms with van der Waals surface area (Å²) < 4.78 is 18.8. The molecule has 1 aliphatic carbocycles. The van der Waals surface area contributed by atoms with Crippen LogP contribution in [-0.2, 0) is 4.74 Å². The summed E-state index contributed by atoms with van der Waals surface area (Å²) in [6.45, 7) is 14.1. The molecule has 1 aromatic carbocycles. The molecule has 8 nitrogen and oxygen atoms in total. The molecule has 0 aliphatic heterocycles. The fourth-order valence-corrected chi connectivity index (χ4v) is 4.94. The van der Waals surface area contributed by atoms with Crippen LogP contribution in [-0.4, -0.2) is 40.6 Å². The SMILES string of the molecule is C=CC1[C@@H](c2n[nH]nc2C(=O)OC)C1(C)[C@H](C)[C@@H](C)[C@H](C)NC(=O)Nc1cc(C)ccc1F. The van der Waals surface area contributed by atoms with Crippen molar-refractivity contribution >= 4 is 17.7 Å². The Balaban J connectivity index is 1.71. The van der Waals surface area contributed by atoms with E-state index in [9.17, 15) is 14.0 Å². The number of methoxy groups -OCH3 is 1. The third kappa shape index (κ3) is 4.49. The summed E-state index contributed by atoms with van der Waals surface area (Å²) in [7, 11) is 1.31. The van der Waals surface area contributed by atoms with Crippen molar-refractivity contribution in [2.24, 2.45) is 23.2 Å². The Kier molecular flexibility index (Phi) is 6.90. The highest BCUT2D eigenvalue weighted by Crippen LogP contribution is 2.70. The van der Waals surface area contributed by atoms with Crippen LogP contribution in [0.2, 0.25) is 0 Å². The van der Waals surface area contributed by atoms with Crippen LogP contribution < -0.4 is 10.6 Å². The Morgan fingerprint density at radius 3 is 2.64 bits per heavy atom. The summed E-state index contributed by atoms with van der Waals surface area (Å²) in [6, 6.07) is 3.90. The number of aromatic nitrogens is 3. The van der Waals surface area contributed by atoms with Gasteiger partial charge in [-0.25, -0.2) is 14.0 Å². The van der Waals surface area contributed by atoms with Crippen LogP contribution in [0.5, 0.6) is 0 Å². The second-order valence-electron chi connectivity index (χ2n) is 9.17. The van der Waals surface area contributed by atoms with Gasteiger partial charge >= 0.3 is 12.0 Å². The van der Waals surface area contributed by atoms with E-state index in [-0.39, 0.29) is 46.5 Å². The van der Waals surface area contributed by atoms with E-state index >= 15 is 0 Å². The van der Waals surface area contributed by atoms with Crippen molar-refractivity contribution in [3.8, 4) is 0 Å². The monoisotopic (exact) mass is 457 g/mol. The summed E-state index contributed by atoms with van der Waals surface area (Å²) in [5.41, 5.74) is 1.51. The second kappa shape index (κ2) is 9.33. The Hall–Kier alpha value is -3.23. The average Bonchev–Trinajstić information content (AvgIpc) is 3.13. The number of urea groups is 1. The van der Waals surface area contributed by atoms with Crippen LogP contribution in [0.4, 0.5) is 14.9 Å². The Morgan fingerprint density at radius 1 is 1.30 bits per heavy atom. The lowest BCUT2D eigenvalue weighted by Gasteiger charge is -2.32. The summed E-state index contributed by atoms with van der Waals surface area (Å²) in [4.78, 5) is 24.6. The number of nitrogens with zero attached hydrogens (tertiary/aromatic N) is 2. The lowest BCUT2D eigenvalue weighted by atomic mass is 9.76. The molecule has 3 rings (SSSR count). The van der Waals surface area contributed by atoms with Gasteiger partial charge in [-0.1, -0.05) is 32.9 Å². The molecule has 2 unspecified atom stereocenters. The fraction of sp³-hybridized carbons (Fsp3) is 0.500. The number of aromatic amines is 1. The van der Waals surface area contributed by atoms with Crippen LogP contribution >= 0.6 is 0 Å². The number of esters is 1. The average molecular weight is 458 g/mol. The molecule has 0 radical (unpaired) electrons. The smallest absolute Gasteiger partial charge is 0.360 e. The number of allylic oxidation sites excluding steroid dienone is 1. The number of amides is 2. The molecule has 0 spiro atoms. The quantitative estimate of drug-likeness (QED) is 0.401. The minimum absolute atomic E-state index is 0.0530. The van der Waals surface area contributed by atoms with E-state index in [1.165, 1.54) is 13.2 Å². The fourth-order valence-electron chi connectivity index (χ4n) is 4.94. The van der Waals surface area contributed by atoms with Gasteiger partial charge in [-0.05, 0) is 54.7 Å². The maximum absolute atomic E-state index is 14.0. The van der Waals surface area contributed by atoms with Crippen molar-refractivity contribution in [1.82, 2.24) is 20.7 Å². The molecule has 1 heterocycles. The van der Waals surface area contributed by atoms with Crippen LogP contribution in [0.3, 0.4) is 0 Å². The first-order chi connectivity index (χ1) is 15.6. The molecule has 0 bridgehead atoms. The van der Waals surface area contributed by atoms with Crippen molar-refractivity contribution in [3.05, 3.63) is 53.6 Å². The van der Waals surface area contributed by atoms with E-state index in [0.717, 1.165) is 5.56 Å². The molecule has 2 aromatic rings. The number of ether oxygens (including phenoxy) is 1. The van der Waals surface area contributed by atoms with Crippen LogP contribution in [0.15, 0.2) is 30.9 Å². The van der Waals surface area contributed by atoms with Gasteiger partial charge in [0.2, 0.25) is 0 Å². The third-order valence-electron chi connectivity index (χ3n) is 7.43. The van der Waals surface area contributed by atoms with Gasteiger partial charge < -0.3 is 15.4 Å². The molecule has 2 amide bonds. The van der Waals surface area contributed by atoms with Crippen molar-refractivity contribution in [2.45, 2.75) is 46.6 Å². The highest BCUT2D eigenvalue weighted by molar-refractivity contribution is 5.90. The predicted molar refractivity (Wildman–Crippen MR) is 123 cm³/mol. The molecule has 1 aromatic heterocycles. The lowest BCUT2D eigenvalue weighted by molar-refractivity contribution is 0.0592. The summed E-state index contributed by atoms with van der Waals surface area (Å²) in [6.07, 6.45) is 1.88. The largest absolute Gasteiger partial charge is 0.464 e. The Labute approximate surface area is 193 Å². The standard InChI is InChI=1S/C24H32FN5O3/c1-8-16-19(20-21(22(31)33-7)29-30-28-20)24(16,6)14(4)13(3)15(5)26-23(32)27-18-11-12(2)9-10-17(18)25/h8-11,13-16,19H,1H2,2-7H3,(H2,26,27,32)(H,28,29,30)/t13-,14-,15+,16?,19+,24?/m1/s1. The molecule has 178 valence electrons. The number of rotatable bonds is 8. The number of aryl methyl sites for hydroxylation is 1. The van der Waals surface area contributed by atoms with Crippen molar-refractivity contribution < 1.29 is 18.7 Å². The molecule has 6 atom stereocenters. The van der Waals surface area contributed by atoms with Crippen LogP contribution in [0, 0.1) is 35.9 Å². The van der Waals surface area contributed by atoms with Gasteiger partial charge in [-0.15, -0.1) is 11.7 Å². The molecule has 1 fully saturated rings. The van der Waals surface area contributed by atoms with Gasteiger partial charge in [-0.3, -0.25) is 0 Å². The summed E-state index contributed by atoms with van der Waals surface area (Å²) >= 11 is 0. The first-order valence-corrected chi connectivity index (χ1v) is 11.0. The van der Waals surface area contributed by atoms with Gasteiger partial charge in [0.1, 0.15) is 11.5 Å². The van der Waals surface area contributed by atoms with E-state index in [2.05, 4.69) is 53.4 Å². The van der Waals surface area contributed by atoms with E-state index in [4.69, 9.17) is 4.74 Å². The van der Waals surface area contributed by atoms with E-state index in [0.29, 0.717) is 5.69 Å². The van der Waals surface area contributed by atoms with Crippen molar-refractivity contribution in [1.29, 1.82) is 0 Å². The number of carbonyl (C=O) groups excluding carboxylic acids is 2. The first kappa shape index (κ1) is 24.4. The molecular formula is C24H32FN5O3. The maximum Gasteiger partial charge on any atom is 0.360 e. The third-order valence-corrected chi connectivity index (χ3v) is 7.43. The normalized spacial score (nSPS) is 24.3. The molecule has 1 saturated carbocycles. The minimum atomic E-state index is -0.536. The number of benzene rings is 1. The van der Waals surface area contributed by atoms with Crippen LogP contribution in [0.25, 0.3) is 0 Å². The molecule has 3 N–H and O–H groups in total. The highest BCUT2D eigenvalue weighted by atomic mass is 19.1. The Morgan fingerprint density at radius 2 is 2.00 bits per heavy atom. The predicted octanol–water partition coefficient (Wildman–Crippen LogP) is 4.43. The number of H-pyrrole nitrogens is 1. The number of halogens is 1. The number of carbonyl (C=O) groups is 2. The molecule has 33 heavy (non-hydrogen) atoms. The van der Waals surface area contributed by atoms with Crippen LogP contribution in [0.1, 0.15) is 55.4 Å². The van der Waals surface area contributed by atoms with Gasteiger partial charge in [0.05, 0.1) is 12.8 Å². The molecule has 1 aliphatic rings. The summed E-state index contributed by atoms with van der Waals surface area (Å²) in [5, 5.41) is 16.3. The molecular weight excluding hydrogens is 425 g/mol. The number of hydrogen-bond donors (Lipinski definition) is 3. The topological polar surface area (TPSA) is 109 Å². The van der Waals surface area contributed by atoms with Crippen molar-refractivity contribution in [2.75, 3.05) is 12.4 Å². The first-order valence-electron chi connectivity index (χ1n) is 11.0. The van der Waals surface area contributed by atoms with E-state index in [1.807, 2.05) is 19.9 Å². The van der Waals surface area contributed by atoms with Gasteiger partial charge in [0.15, 0.2) is 5.69 Å². The number of hydrogen-bond acceptors (Lipinski definition) is 5. The second-order valence-corrected chi connectivity index (χ2v) is 9.17. The van der Waals surface area contributed by atoms with Gasteiger partial charge in [0.25, 0.3) is 0 Å². The molecule has 0 saturated heterocycles. The summed E-state index contributed by atoms with van der Waals surface area (Å²) in [5.74, 6) is -0.802. The van der Waals surface area contributed by atoms with E-state index in [1.54, 1.807) is 12.1 Å². The highest BCUT2D eigenvalue weighted by Gasteiger charge is 2.65. The zero-order valence-electron chi connectivity index (χ0n) is 19.9. The van der Waals surface area contributed by atoms with Gasteiger partial charge in [-0.2, -0.15) is 10.3 Å². The molecule has 9 heteroatoms. The number of anilines is 1. The zero-order valence-corrected chi connectivity index (χ0v) is 19.9. The number of nitrogens with one attached hydrogen (secondary N) is 3. The Bertz CT molecular complexity index is 1050. The maximum atomic E-state index is 14.0. The zero-order chi connectivity index (χ0) is 24.5. The lowest BCUT2D eigenvalue weighted by Crippen LogP contribution is -2.43.